The van der Waals surface area contributed by atoms with E-state index in [0.717, 1.165) is 33.7 Å². The quantitative estimate of drug-likeness (QED) is 0.724. The Kier molecular flexibility index (Phi) is 4.60. The number of carbonyl (C=O) groups excluding carboxylic acids is 1. The van der Waals surface area contributed by atoms with Gasteiger partial charge in [0.05, 0.1) is 27.6 Å². The number of nitrogens with zero attached hydrogens (tertiary/aromatic N) is 3. The second-order valence-electron chi connectivity index (χ2n) is 6.31. The highest BCUT2D eigenvalue weighted by atomic mass is 35.5. The summed E-state index contributed by atoms with van der Waals surface area (Å²) in [5.74, 6) is 0.00430. The Morgan fingerprint density at radius 2 is 1.81 bits per heavy atom. The van der Waals surface area contributed by atoms with E-state index >= 15 is 0 Å². The summed E-state index contributed by atoms with van der Waals surface area (Å²) in [5.41, 5.74) is 11.7. The third kappa shape index (κ3) is 3.08. The number of nitrogens with two attached hydrogens (primary N) is 1. The van der Waals surface area contributed by atoms with Crippen LogP contribution < -0.4 is 5.73 Å². The highest BCUT2D eigenvalue weighted by Gasteiger charge is 2.22. The van der Waals surface area contributed by atoms with E-state index in [0.29, 0.717) is 15.6 Å². The number of aliphatic imine (C=N–C) groups is 1. The highest BCUT2D eigenvalue weighted by molar-refractivity contribution is 6.42. The smallest absolute Gasteiger partial charge is 0.184 e. The van der Waals surface area contributed by atoms with Gasteiger partial charge in [-0.05, 0) is 23.8 Å². The average Bonchev–Trinajstić information content (AvgIpc) is 3.05. The third-order valence-corrected chi connectivity index (χ3v) is 5.42. The van der Waals surface area contributed by atoms with Crippen LogP contribution in [0, 0.1) is 0 Å². The fourth-order valence-electron chi connectivity index (χ4n) is 3.34. The van der Waals surface area contributed by atoms with Gasteiger partial charge < -0.3 is 5.73 Å². The molecule has 27 heavy (non-hydrogen) atoms. The number of hydrogen-bond donors (Lipinski definition) is 1. The van der Waals surface area contributed by atoms with Gasteiger partial charge in [-0.3, -0.25) is 14.5 Å². The van der Waals surface area contributed by atoms with Crippen molar-refractivity contribution in [3.05, 3.63) is 63.8 Å². The molecule has 0 atom stereocenters. The molecule has 4 rings (SSSR count). The lowest BCUT2D eigenvalue weighted by atomic mass is 9.92. The molecule has 1 aromatic heterocycles. The van der Waals surface area contributed by atoms with Crippen LogP contribution in [0.25, 0.3) is 22.4 Å². The van der Waals surface area contributed by atoms with Crippen molar-refractivity contribution in [2.45, 2.75) is 0 Å². The van der Waals surface area contributed by atoms with Crippen molar-refractivity contribution in [1.29, 1.82) is 0 Å². The van der Waals surface area contributed by atoms with Crippen molar-refractivity contribution in [2.75, 3.05) is 13.1 Å². The van der Waals surface area contributed by atoms with Crippen LogP contribution in [-0.2, 0) is 7.05 Å². The summed E-state index contributed by atoms with van der Waals surface area (Å²) >= 11 is 12.3. The standard InChI is InChI=1S/C20H16Cl2N4O/c1-26-20(12-3-5-16(21)17(22)7-12)15(9-25-26)11-2-4-13-14(6-11)18(8-23)24-10-19(13)27/h2-7,9H,8,10,23H2,1H3. The van der Waals surface area contributed by atoms with Crippen LogP contribution in [0.4, 0.5) is 0 Å². The maximum atomic E-state index is 12.2. The molecule has 2 N–H and O–H groups in total. The Morgan fingerprint density at radius 1 is 1.04 bits per heavy atom. The Hall–Kier alpha value is -2.47. The molecule has 2 heterocycles. The van der Waals surface area contributed by atoms with E-state index < -0.39 is 0 Å². The molecule has 0 spiro atoms. The average molecular weight is 399 g/mol. The van der Waals surface area contributed by atoms with Crippen LogP contribution in [0.3, 0.4) is 0 Å². The monoisotopic (exact) mass is 398 g/mol. The van der Waals surface area contributed by atoms with Gasteiger partial charge in [0.25, 0.3) is 0 Å². The molecular formula is C20H16Cl2N4O. The number of rotatable bonds is 3. The minimum atomic E-state index is 0.00430. The number of fused-ring (bicyclic) bond motifs is 1. The van der Waals surface area contributed by atoms with Crippen molar-refractivity contribution in [3.8, 4) is 22.4 Å². The van der Waals surface area contributed by atoms with Crippen molar-refractivity contribution < 1.29 is 4.79 Å². The summed E-state index contributed by atoms with van der Waals surface area (Å²) in [6.07, 6.45) is 1.80. The number of benzene rings is 2. The second kappa shape index (κ2) is 6.93. The largest absolute Gasteiger partial charge is 0.325 e. The number of aryl methyl sites for hydroxylation is 1. The first kappa shape index (κ1) is 17.9. The van der Waals surface area contributed by atoms with Gasteiger partial charge >= 0.3 is 0 Å². The van der Waals surface area contributed by atoms with E-state index in [9.17, 15) is 4.79 Å². The molecule has 0 radical (unpaired) electrons. The first-order chi connectivity index (χ1) is 13.0. The van der Waals surface area contributed by atoms with Crippen LogP contribution in [0.2, 0.25) is 10.0 Å². The molecular weight excluding hydrogens is 383 g/mol. The SMILES string of the molecule is Cn1ncc(-c2ccc3c(c2)C(CN)=NCC3=O)c1-c1ccc(Cl)c(Cl)c1. The number of halogens is 2. The van der Waals surface area contributed by atoms with Crippen molar-refractivity contribution in [3.63, 3.8) is 0 Å². The summed E-state index contributed by atoms with van der Waals surface area (Å²) in [6.45, 7) is 0.441. The van der Waals surface area contributed by atoms with Gasteiger partial charge in [-0.2, -0.15) is 5.10 Å². The maximum absolute atomic E-state index is 12.2. The molecule has 0 unspecified atom stereocenters. The molecule has 0 bridgehead atoms. The van der Waals surface area contributed by atoms with Gasteiger partial charge in [0, 0.05) is 35.8 Å². The molecule has 0 fully saturated rings. The minimum absolute atomic E-state index is 0.00430. The summed E-state index contributed by atoms with van der Waals surface area (Å²) in [6, 6.07) is 11.2. The summed E-state index contributed by atoms with van der Waals surface area (Å²) in [5, 5.41) is 5.39. The topological polar surface area (TPSA) is 73.3 Å². The summed E-state index contributed by atoms with van der Waals surface area (Å²) in [7, 11) is 1.87. The van der Waals surface area contributed by atoms with Gasteiger partial charge in [-0.25, -0.2) is 0 Å². The fraction of sp³-hybridized carbons (Fsp3) is 0.150. The zero-order chi connectivity index (χ0) is 19.1. The molecule has 5 nitrogen and oxygen atoms in total. The van der Waals surface area contributed by atoms with Crippen molar-refractivity contribution >= 4 is 34.7 Å². The lowest BCUT2D eigenvalue weighted by Gasteiger charge is -2.16. The highest BCUT2D eigenvalue weighted by Crippen LogP contribution is 2.36. The number of ketones is 1. The predicted octanol–water partition coefficient (Wildman–Crippen LogP) is 4.01. The van der Waals surface area contributed by atoms with Gasteiger partial charge in [-0.1, -0.05) is 41.4 Å². The van der Waals surface area contributed by atoms with Crippen LogP contribution in [0.5, 0.6) is 0 Å². The molecule has 0 saturated heterocycles. The van der Waals surface area contributed by atoms with Gasteiger partial charge in [0.1, 0.15) is 6.54 Å². The van der Waals surface area contributed by atoms with E-state index in [1.807, 2.05) is 37.4 Å². The second-order valence-corrected chi connectivity index (χ2v) is 7.12. The van der Waals surface area contributed by atoms with E-state index in [1.165, 1.54) is 0 Å². The number of carbonyl (C=O) groups is 1. The molecule has 0 aliphatic carbocycles. The van der Waals surface area contributed by atoms with E-state index in [-0.39, 0.29) is 18.9 Å². The lowest BCUT2D eigenvalue weighted by molar-refractivity contribution is 0.1000. The molecule has 7 heteroatoms. The van der Waals surface area contributed by atoms with Gasteiger partial charge in [0.2, 0.25) is 0 Å². The van der Waals surface area contributed by atoms with Crippen LogP contribution in [0.1, 0.15) is 15.9 Å². The number of aromatic nitrogens is 2. The van der Waals surface area contributed by atoms with Gasteiger partial charge in [-0.15, -0.1) is 0 Å². The van der Waals surface area contributed by atoms with E-state index in [2.05, 4.69) is 10.1 Å². The van der Waals surface area contributed by atoms with Crippen molar-refractivity contribution in [1.82, 2.24) is 9.78 Å². The first-order valence-electron chi connectivity index (χ1n) is 8.38. The molecule has 0 saturated carbocycles. The lowest BCUT2D eigenvalue weighted by Crippen LogP contribution is -2.24. The molecule has 0 amide bonds. The maximum Gasteiger partial charge on any atom is 0.184 e. The molecule has 1 aliphatic rings. The van der Waals surface area contributed by atoms with E-state index in [4.69, 9.17) is 28.9 Å². The first-order valence-corrected chi connectivity index (χ1v) is 9.14. The van der Waals surface area contributed by atoms with Crippen LogP contribution in [-0.4, -0.2) is 34.4 Å². The fourth-order valence-corrected chi connectivity index (χ4v) is 3.64. The molecule has 2 aromatic carbocycles. The Balaban J connectivity index is 1.88. The molecule has 1 aliphatic heterocycles. The minimum Gasteiger partial charge on any atom is -0.325 e. The zero-order valence-corrected chi connectivity index (χ0v) is 16.1. The van der Waals surface area contributed by atoms with Gasteiger partial charge in [0.15, 0.2) is 5.78 Å². The third-order valence-electron chi connectivity index (χ3n) is 4.68. The summed E-state index contributed by atoms with van der Waals surface area (Å²) in [4.78, 5) is 16.5. The molecule has 136 valence electrons. The Morgan fingerprint density at radius 3 is 2.56 bits per heavy atom. The van der Waals surface area contributed by atoms with Crippen LogP contribution in [0.15, 0.2) is 47.6 Å². The van der Waals surface area contributed by atoms with Crippen molar-refractivity contribution in [2.24, 2.45) is 17.8 Å². The Bertz CT molecular complexity index is 1100. The van der Waals surface area contributed by atoms with Crippen LogP contribution >= 0.6 is 23.2 Å². The number of Topliss-reactive ketones (excluding diaryl/α,β-unsaturated/α-hetero) is 1. The molecule has 3 aromatic rings. The zero-order valence-electron chi connectivity index (χ0n) is 14.5. The summed E-state index contributed by atoms with van der Waals surface area (Å²) < 4.78 is 1.79. The van der Waals surface area contributed by atoms with E-state index in [1.54, 1.807) is 16.9 Å². The Labute approximate surface area is 166 Å². The normalized spacial score (nSPS) is 13.5. The number of hydrogen-bond acceptors (Lipinski definition) is 4. The predicted molar refractivity (Wildman–Crippen MR) is 109 cm³/mol.